The lowest BCUT2D eigenvalue weighted by molar-refractivity contribution is -0.123. The van der Waals surface area contributed by atoms with Crippen molar-refractivity contribution in [3.63, 3.8) is 0 Å². The Morgan fingerprint density at radius 2 is 2.15 bits per heavy atom. The van der Waals surface area contributed by atoms with Crippen molar-refractivity contribution in [3.05, 3.63) is 0 Å². The third-order valence-electron chi connectivity index (χ3n) is 2.16. The van der Waals surface area contributed by atoms with Crippen LogP contribution in [-0.2, 0) is 9.53 Å². The third-order valence-corrected chi connectivity index (χ3v) is 2.16. The van der Waals surface area contributed by atoms with Crippen molar-refractivity contribution in [2.75, 3.05) is 6.61 Å². The summed E-state index contributed by atoms with van der Waals surface area (Å²) in [7, 11) is 0. The SMILES string of the molecule is CCC(C)OCCC(C)(N)C(N)=O. The molecule has 0 rings (SSSR count). The van der Waals surface area contributed by atoms with Crippen LogP contribution in [-0.4, -0.2) is 24.2 Å². The summed E-state index contributed by atoms with van der Waals surface area (Å²) in [4.78, 5) is 10.8. The van der Waals surface area contributed by atoms with Crippen LogP contribution < -0.4 is 11.5 Å². The number of carbonyl (C=O) groups is 1. The van der Waals surface area contributed by atoms with Gasteiger partial charge in [-0.15, -0.1) is 0 Å². The van der Waals surface area contributed by atoms with Crippen LogP contribution in [0.1, 0.15) is 33.6 Å². The molecule has 78 valence electrons. The average molecular weight is 188 g/mol. The van der Waals surface area contributed by atoms with Crippen LogP contribution in [0.2, 0.25) is 0 Å². The summed E-state index contributed by atoms with van der Waals surface area (Å²) < 4.78 is 5.39. The summed E-state index contributed by atoms with van der Waals surface area (Å²) in [6.45, 7) is 6.12. The molecule has 1 amide bonds. The molecule has 0 aromatic heterocycles. The number of amides is 1. The quantitative estimate of drug-likeness (QED) is 0.633. The molecule has 0 aliphatic rings. The maximum absolute atomic E-state index is 10.8. The normalized spacial score (nSPS) is 17.8. The fourth-order valence-electron chi connectivity index (χ4n) is 0.713. The van der Waals surface area contributed by atoms with Gasteiger partial charge in [-0.25, -0.2) is 0 Å². The fourth-order valence-corrected chi connectivity index (χ4v) is 0.713. The number of ether oxygens (including phenoxy) is 1. The van der Waals surface area contributed by atoms with E-state index in [0.717, 1.165) is 6.42 Å². The monoisotopic (exact) mass is 188 g/mol. The number of rotatable bonds is 6. The van der Waals surface area contributed by atoms with Crippen LogP contribution in [0, 0.1) is 0 Å². The molecule has 0 heterocycles. The van der Waals surface area contributed by atoms with E-state index in [0.29, 0.717) is 13.0 Å². The zero-order valence-corrected chi connectivity index (χ0v) is 8.67. The van der Waals surface area contributed by atoms with Gasteiger partial charge in [-0.3, -0.25) is 4.79 Å². The van der Waals surface area contributed by atoms with Crippen molar-refractivity contribution in [2.24, 2.45) is 11.5 Å². The first-order chi connectivity index (χ1) is 5.90. The van der Waals surface area contributed by atoms with E-state index in [1.165, 1.54) is 0 Å². The Balaban J connectivity index is 3.70. The second kappa shape index (κ2) is 5.19. The number of hydrogen-bond acceptors (Lipinski definition) is 3. The molecule has 0 radical (unpaired) electrons. The van der Waals surface area contributed by atoms with Crippen molar-refractivity contribution in [1.82, 2.24) is 0 Å². The highest BCUT2D eigenvalue weighted by Gasteiger charge is 2.25. The molecule has 0 saturated carbocycles. The van der Waals surface area contributed by atoms with Gasteiger partial charge < -0.3 is 16.2 Å². The number of hydrogen-bond donors (Lipinski definition) is 2. The van der Waals surface area contributed by atoms with Crippen LogP contribution in [0.5, 0.6) is 0 Å². The molecule has 4 heteroatoms. The second-order valence-corrected chi connectivity index (χ2v) is 3.62. The van der Waals surface area contributed by atoms with Gasteiger partial charge in [0.15, 0.2) is 0 Å². The number of primary amides is 1. The van der Waals surface area contributed by atoms with Crippen LogP contribution in [0.4, 0.5) is 0 Å². The van der Waals surface area contributed by atoms with E-state index < -0.39 is 11.4 Å². The van der Waals surface area contributed by atoms with E-state index in [9.17, 15) is 4.79 Å². The first-order valence-electron chi connectivity index (χ1n) is 4.60. The summed E-state index contributed by atoms with van der Waals surface area (Å²) in [6, 6.07) is 0. The van der Waals surface area contributed by atoms with Gasteiger partial charge in [-0.1, -0.05) is 6.92 Å². The average Bonchev–Trinajstić information content (AvgIpc) is 2.03. The number of nitrogens with two attached hydrogens (primary N) is 2. The van der Waals surface area contributed by atoms with Crippen molar-refractivity contribution in [2.45, 2.75) is 45.3 Å². The Hall–Kier alpha value is -0.610. The van der Waals surface area contributed by atoms with Crippen LogP contribution in [0.3, 0.4) is 0 Å². The van der Waals surface area contributed by atoms with E-state index in [1.54, 1.807) is 6.92 Å². The summed E-state index contributed by atoms with van der Waals surface area (Å²) in [5, 5.41) is 0. The molecule has 0 aliphatic heterocycles. The van der Waals surface area contributed by atoms with Gasteiger partial charge in [-0.05, 0) is 26.7 Å². The van der Waals surface area contributed by atoms with E-state index >= 15 is 0 Å². The third kappa shape index (κ3) is 4.85. The standard InChI is InChI=1S/C9H20N2O2/c1-4-7(2)13-6-5-9(3,11)8(10)12/h7H,4-6,11H2,1-3H3,(H2,10,12). The first-order valence-corrected chi connectivity index (χ1v) is 4.60. The maximum Gasteiger partial charge on any atom is 0.237 e. The zero-order valence-electron chi connectivity index (χ0n) is 8.67. The van der Waals surface area contributed by atoms with Crippen LogP contribution >= 0.6 is 0 Å². The van der Waals surface area contributed by atoms with Crippen molar-refractivity contribution < 1.29 is 9.53 Å². The Morgan fingerprint density at radius 3 is 2.54 bits per heavy atom. The maximum atomic E-state index is 10.8. The molecule has 2 atom stereocenters. The molecule has 0 aliphatic carbocycles. The van der Waals surface area contributed by atoms with Gasteiger partial charge in [0.05, 0.1) is 11.6 Å². The van der Waals surface area contributed by atoms with E-state index in [4.69, 9.17) is 16.2 Å². The molecule has 0 bridgehead atoms. The Kier molecular flexibility index (Phi) is 4.95. The second-order valence-electron chi connectivity index (χ2n) is 3.62. The smallest absolute Gasteiger partial charge is 0.237 e. The molecular weight excluding hydrogens is 168 g/mol. The van der Waals surface area contributed by atoms with Gasteiger partial charge in [0.2, 0.25) is 5.91 Å². The highest BCUT2D eigenvalue weighted by atomic mass is 16.5. The predicted octanol–water partition coefficient (Wildman–Crippen LogP) is 0.394. The molecule has 0 aromatic rings. The summed E-state index contributed by atoms with van der Waals surface area (Å²) in [5.41, 5.74) is 9.78. The van der Waals surface area contributed by atoms with Gasteiger partial charge in [0, 0.05) is 6.61 Å². The molecular formula is C9H20N2O2. The lowest BCUT2D eigenvalue weighted by atomic mass is 9.99. The minimum absolute atomic E-state index is 0.212. The summed E-state index contributed by atoms with van der Waals surface area (Å²) in [6.07, 6.45) is 1.63. The highest BCUT2D eigenvalue weighted by molar-refractivity contribution is 5.83. The van der Waals surface area contributed by atoms with Gasteiger partial charge in [0.25, 0.3) is 0 Å². The largest absolute Gasteiger partial charge is 0.378 e. The molecule has 0 spiro atoms. The van der Waals surface area contributed by atoms with Crippen LogP contribution in [0.15, 0.2) is 0 Å². The lowest BCUT2D eigenvalue weighted by Crippen LogP contribution is -2.50. The van der Waals surface area contributed by atoms with Crippen LogP contribution in [0.25, 0.3) is 0 Å². The minimum atomic E-state index is -0.951. The Morgan fingerprint density at radius 1 is 1.62 bits per heavy atom. The topological polar surface area (TPSA) is 78.3 Å². The van der Waals surface area contributed by atoms with E-state index in [2.05, 4.69) is 0 Å². The molecule has 13 heavy (non-hydrogen) atoms. The molecule has 0 aromatic carbocycles. The van der Waals surface area contributed by atoms with Gasteiger partial charge >= 0.3 is 0 Å². The van der Waals surface area contributed by atoms with E-state index in [-0.39, 0.29) is 6.10 Å². The Labute approximate surface area is 79.6 Å². The van der Waals surface area contributed by atoms with Crippen molar-refractivity contribution in [1.29, 1.82) is 0 Å². The first kappa shape index (κ1) is 12.4. The number of carbonyl (C=O) groups excluding carboxylic acids is 1. The van der Waals surface area contributed by atoms with Crippen molar-refractivity contribution >= 4 is 5.91 Å². The molecule has 0 fully saturated rings. The summed E-state index contributed by atoms with van der Waals surface area (Å²) >= 11 is 0. The molecule has 4 N–H and O–H groups in total. The van der Waals surface area contributed by atoms with Gasteiger partial charge in [0.1, 0.15) is 0 Å². The minimum Gasteiger partial charge on any atom is -0.378 e. The van der Waals surface area contributed by atoms with E-state index in [1.807, 2.05) is 13.8 Å². The molecule has 4 nitrogen and oxygen atoms in total. The summed E-state index contributed by atoms with van der Waals surface area (Å²) in [5.74, 6) is -0.486. The van der Waals surface area contributed by atoms with Gasteiger partial charge in [-0.2, -0.15) is 0 Å². The highest BCUT2D eigenvalue weighted by Crippen LogP contribution is 2.06. The molecule has 2 unspecified atom stereocenters. The fraction of sp³-hybridized carbons (Fsp3) is 0.889. The predicted molar refractivity (Wildman–Crippen MR) is 52.1 cm³/mol. The Bertz CT molecular complexity index is 169. The lowest BCUT2D eigenvalue weighted by Gasteiger charge is -2.21. The van der Waals surface area contributed by atoms with Crippen molar-refractivity contribution in [3.8, 4) is 0 Å². The zero-order chi connectivity index (χ0) is 10.5. The molecule has 0 saturated heterocycles.